The highest BCUT2D eigenvalue weighted by Gasteiger charge is 2.21. The van der Waals surface area contributed by atoms with E-state index in [1.54, 1.807) is 54.6 Å². The molecule has 3 rings (SSSR count). The number of non-ortho nitro benzene ring substituents is 1. The van der Waals surface area contributed by atoms with E-state index >= 15 is 0 Å². The van der Waals surface area contributed by atoms with Gasteiger partial charge in [-0.1, -0.05) is 54.1 Å². The Balaban J connectivity index is 1.77. The van der Waals surface area contributed by atoms with Gasteiger partial charge in [0.2, 0.25) is 5.91 Å². The average molecular weight is 442 g/mol. The minimum absolute atomic E-state index is 0.195. The maximum absolute atomic E-state index is 14.1. The first-order chi connectivity index (χ1) is 14.8. The number of hydrogen-bond acceptors (Lipinski definition) is 4. The lowest BCUT2D eigenvalue weighted by atomic mass is 10.0. The zero-order valence-corrected chi connectivity index (χ0v) is 16.8. The Morgan fingerprint density at radius 1 is 1.03 bits per heavy atom. The van der Waals surface area contributed by atoms with Gasteiger partial charge in [0.25, 0.3) is 11.6 Å². The zero-order chi connectivity index (χ0) is 22.4. The summed E-state index contributed by atoms with van der Waals surface area (Å²) in [5.74, 6) is -1.98. The van der Waals surface area contributed by atoms with Gasteiger partial charge >= 0.3 is 0 Å². The molecule has 31 heavy (non-hydrogen) atoms. The van der Waals surface area contributed by atoms with Crippen LogP contribution in [0.5, 0.6) is 0 Å². The smallest absolute Gasteiger partial charge is 0.272 e. The summed E-state index contributed by atoms with van der Waals surface area (Å²) in [6.07, 6.45) is -0.198. The number of halogens is 2. The number of carbonyl (C=O) groups is 2. The molecule has 0 aliphatic carbocycles. The van der Waals surface area contributed by atoms with Crippen molar-refractivity contribution in [3.8, 4) is 0 Å². The molecule has 0 aliphatic rings. The first-order valence-corrected chi connectivity index (χ1v) is 9.57. The number of amides is 2. The number of rotatable bonds is 7. The summed E-state index contributed by atoms with van der Waals surface area (Å²) >= 11 is 6.08. The van der Waals surface area contributed by atoms with Gasteiger partial charge in [-0.25, -0.2) is 4.39 Å². The van der Waals surface area contributed by atoms with Crippen LogP contribution < -0.4 is 10.6 Å². The maximum Gasteiger partial charge on any atom is 0.272 e. The van der Waals surface area contributed by atoms with E-state index < -0.39 is 34.3 Å². The van der Waals surface area contributed by atoms with Crippen LogP contribution in [0.4, 0.5) is 15.8 Å². The number of benzene rings is 3. The van der Waals surface area contributed by atoms with Gasteiger partial charge in [0, 0.05) is 6.07 Å². The van der Waals surface area contributed by atoms with Crippen molar-refractivity contribution in [3.05, 3.63) is 105 Å². The van der Waals surface area contributed by atoms with Crippen LogP contribution in [0.2, 0.25) is 5.02 Å². The van der Waals surface area contributed by atoms with Gasteiger partial charge in [0.15, 0.2) is 5.82 Å². The minimum atomic E-state index is -0.932. The Morgan fingerprint density at radius 3 is 2.35 bits per heavy atom. The molecule has 7 nitrogen and oxygen atoms in total. The number of nitro benzene ring substituents is 1. The van der Waals surface area contributed by atoms with E-state index in [0.717, 1.165) is 18.2 Å². The number of carbonyl (C=O) groups excluding carboxylic acids is 2. The molecule has 0 radical (unpaired) electrons. The van der Waals surface area contributed by atoms with E-state index in [0.29, 0.717) is 5.56 Å². The first kappa shape index (κ1) is 21.9. The van der Waals surface area contributed by atoms with Crippen molar-refractivity contribution in [2.75, 3.05) is 5.32 Å². The van der Waals surface area contributed by atoms with E-state index in [2.05, 4.69) is 10.6 Å². The molecule has 158 valence electrons. The van der Waals surface area contributed by atoms with Crippen molar-refractivity contribution in [1.29, 1.82) is 0 Å². The summed E-state index contributed by atoms with van der Waals surface area (Å²) < 4.78 is 14.1. The summed E-state index contributed by atoms with van der Waals surface area (Å²) in [7, 11) is 0. The minimum Gasteiger partial charge on any atom is -0.345 e. The fourth-order valence-corrected chi connectivity index (χ4v) is 3.15. The summed E-state index contributed by atoms with van der Waals surface area (Å²) in [4.78, 5) is 35.3. The molecule has 0 spiro atoms. The average Bonchev–Trinajstić information content (AvgIpc) is 2.75. The molecular formula is C22H17ClFN3O4. The molecule has 1 atom stereocenters. The van der Waals surface area contributed by atoms with E-state index in [9.17, 15) is 24.1 Å². The Hall–Kier alpha value is -3.78. The van der Waals surface area contributed by atoms with Crippen molar-refractivity contribution in [3.63, 3.8) is 0 Å². The molecule has 0 unspecified atom stereocenters. The third-order valence-corrected chi connectivity index (χ3v) is 4.78. The normalized spacial score (nSPS) is 11.4. The lowest BCUT2D eigenvalue weighted by Gasteiger charge is -2.19. The number of anilines is 1. The molecule has 0 fully saturated rings. The van der Waals surface area contributed by atoms with Crippen LogP contribution in [0.25, 0.3) is 0 Å². The van der Waals surface area contributed by atoms with Crippen LogP contribution >= 0.6 is 11.6 Å². The lowest BCUT2D eigenvalue weighted by molar-refractivity contribution is -0.385. The number of hydrogen-bond donors (Lipinski definition) is 2. The van der Waals surface area contributed by atoms with Crippen molar-refractivity contribution in [2.24, 2.45) is 0 Å². The standard InChI is InChI=1S/C22H17ClFN3O4/c23-17-9-5-4-8-16(17)22(29)26-20(14-6-2-1-3-7-14)13-21(28)25-19-11-10-15(27(30)31)12-18(19)24/h1-12,20H,13H2,(H,25,28)(H,26,29)/t20-/m0/s1. The Bertz CT molecular complexity index is 1120. The largest absolute Gasteiger partial charge is 0.345 e. The van der Waals surface area contributed by atoms with Crippen LogP contribution in [0.3, 0.4) is 0 Å². The van der Waals surface area contributed by atoms with Crippen LogP contribution in [0.1, 0.15) is 28.4 Å². The van der Waals surface area contributed by atoms with Crippen molar-refractivity contribution in [1.82, 2.24) is 5.32 Å². The van der Waals surface area contributed by atoms with E-state index in [-0.39, 0.29) is 22.7 Å². The molecule has 0 saturated heterocycles. The van der Waals surface area contributed by atoms with Crippen molar-refractivity contribution in [2.45, 2.75) is 12.5 Å². The fraction of sp³-hybridized carbons (Fsp3) is 0.0909. The van der Waals surface area contributed by atoms with E-state index in [1.165, 1.54) is 0 Å². The molecule has 0 bridgehead atoms. The molecule has 0 aliphatic heterocycles. The third kappa shape index (κ3) is 5.64. The highest BCUT2D eigenvalue weighted by atomic mass is 35.5. The highest BCUT2D eigenvalue weighted by molar-refractivity contribution is 6.33. The van der Waals surface area contributed by atoms with Crippen molar-refractivity contribution >= 4 is 34.8 Å². The molecule has 0 aromatic heterocycles. The number of nitrogens with one attached hydrogen (secondary N) is 2. The highest BCUT2D eigenvalue weighted by Crippen LogP contribution is 2.23. The maximum atomic E-state index is 14.1. The second kappa shape index (κ2) is 9.82. The van der Waals surface area contributed by atoms with Gasteiger partial charge in [-0.3, -0.25) is 19.7 Å². The molecule has 3 aromatic carbocycles. The van der Waals surface area contributed by atoms with Gasteiger partial charge in [-0.2, -0.15) is 0 Å². The Morgan fingerprint density at radius 2 is 1.71 bits per heavy atom. The third-order valence-electron chi connectivity index (χ3n) is 4.45. The van der Waals surface area contributed by atoms with Crippen LogP contribution in [0, 0.1) is 15.9 Å². The van der Waals surface area contributed by atoms with Crippen LogP contribution in [-0.4, -0.2) is 16.7 Å². The van der Waals surface area contributed by atoms with Gasteiger partial charge in [-0.05, 0) is 23.8 Å². The van der Waals surface area contributed by atoms with Gasteiger partial charge in [0.05, 0.1) is 39.7 Å². The predicted octanol–water partition coefficient (Wildman–Crippen LogP) is 4.89. The van der Waals surface area contributed by atoms with E-state index in [4.69, 9.17) is 11.6 Å². The van der Waals surface area contributed by atoms with Crippen LogP contribution in [0.15, 0.2) is 72.8 Å². The second-order valence-electron chi connectivity index (χ2n) is 6.59. The Kier molecular flexibility index (Phi) is 6.94. The van der Waals surface area contributed by atoms with Crippen LogP contribution in [-0.2, 0) is 4.79 Å². The second-order valence-corrected chi connectivity index (χ2v) is 7.00. The first-order valence-electron chi connectivity index (χ1n) is 9.19. The zero-order valence-electron chi connectivity index (χ0n) is 16.0. The van der Waals surface area contributed by atoms with Gasteiger partial charge in [0.1, 0.15) is 0 Å². The molecule has 2 N–H and O–H groups in total. The summed E-state index contributed by atoms with van der Waals surface area (Å²) in [5.41, 5.74) is 0.304. The van der Waals surface area contributed by atoms with Gasteiger partial charge in [-0.15, -0.1) is 0 Å². The molecule has 9 heteroatoms. The van der Waals surface area contributed by atoms with E-state index in [1.807, 2.05) is 0 Å². The predicted molar refractivity (Wildman–Crippen MR) is 114 cm³/mol. The molecule has 3 aromatic rings. The molecule has 2 amide bonds. The quantitative estimate of drug-likeness (QED) is 0.402. The summed E-state index contributed by atoms with van der Waals surface area (Å²) in [6, 6.07) is 17.5. The van der Waals surface area contributed by atoms with Crippen molar-refractivity contribution < 1.29 is 18.9 Å². The van der Waals surface area contributed by atoms with Gasteiger partial charge < -0.3 is 10.6 Å². The summed E-state index contributed by atoms with van der Waals surface area (Å²) in [5, 5.41) is 16.2. The Labute approximate surface area is 182 Å². The summed E-state index contributed by atoms with van der Waals surface area (Å²) in [6.45, 7) is 0. The fourth-order valence-electron chi connectivity index (χ4n) is 2.92. The topological polar surface area (TPSA) is 101 Å². The number of nitrogens with zero attached hydrogens (tertiary/aromatic N) is 1. The molecule has 0 saturated carbocycles. The molecular weight excluding hydrogens is 425 g/mol. The number of nitro groups is 1. The lowest BCUT2D eigenvalue weighted by Crippen LogP contribution is -2.31. The monoisotopic (exact) mass is 441 g/mol. The molecule has 0 heterocycles. The SMILES string of the molecule is O=C(C[C@H](NC(=O)c1ccccc1Cl)c1ccccc1)Nc1ccc([N+](=O)[O-])cc1F.